The van der Waals surface area contributed by atoms with Gasteiger partial charge in [-0.15, -0.1) is 0 Å². The second-order valence-electron chi connectivity index (χ2n) is 5.08. The maximum absolute atomic E-state index is 6.07. The summed E-state index contributed by atoms with van der Waals surface area (Å²) >= 11 is 0. The van der Waals surface area contributed by atoms with Crippen molar-refractivity contribution in [2.75, 3.05) is 33.5 Å². The Balaban J connectivity index is 1.63. The van der Waals surface area contributed by atoms with E-state index in [0.29, 0.717) is 19.3 Å². The van der Waals surface area contributed by atoms with Crippen molar-refractivity contribution in [1.29, 1.82) is 0 Å². The first-order valence-corrected chi connectivity index (χ1v) is 6.50. The third-order valence-corrected chi connectivity index (χ3v) is 3.96. The van der Waals surface area contributed by atoms with Crippen LogP contribution in [-0.2, 0) is 18.9 Å². The van der Waals surface area contributed by atoms with Gasteiger partial charge in [-0.25, -0.2) is 0 Å². The topological polar surface area (TPSA) is 49.0 Å². The van der Waals surface area contributed by atoms with Crippen molar-refractivity contribution in [3.8, 4) is 0 Å². The molecule has 2 unspecified atom stereocenters. The maximum atomic E-state index is 6.07. The molecule has 3 fully saturated rings. The third-order valence-electron chi connectivity index (χ3n) is 3.96. The molecule has 3 rings (SSSR count). The lowest BCUT2D eigenvalue weighted by Gasteiger charge is -2.43. The minimum absolute atomic E-state index is 0.167. The highest BCUT2D eigenvalue weighted by atomic mass is 16.7. The largest absolute Gasteiger partial charge is 0.376 e. The average Bonchev–Trinajstić information content (AvgIpc) is 2.72. The van der Waals surface area contributed by atoms with Crippen LogP contribution >= 0.6 is 0 Å². The minimum atomic E-state index is -0.372. The molecule has 2 saturated heterocycles. The lowest BCUT2D eigenvalue weighted by atomic mass is 9.87. The van der Waals surface area contributed by atoms with Gasteiger partial charge in [-0.1, -0.05) is 0 Å². The predicted molar refractivity (Wildman–Crippen MR) is 60.8 cm³/mol. The van der Waals surface area contributed by atoms with E-state index in [1.807, 2.05) is 7.05 Å². The van der Waals surface area contributed by atoms with Crippen molar-refractivity contribution in [2.45, 2.75) is 43.3 Å². The standard InChI is InChI=1S/C12H21NO4/c1-13-10-2-3-12(15-4-5-16-12)6-11(10)17-9-7-14-8-9/h9-11,13H,2-8H2,1H3. The third kappa shape index (κ3) is 2.35. The molecule has 0 aromatic heterocycles. The van der Waals surface area contributed by atoms with E-state index in [9.17, 15) is 0 Å². The summed E-state index contributed by atoms with van der Waals surface area (Å²) in [6, 6.07) is 0.397. The SMILES string of the molecule is CNC1CCC2(CC1OC1COC1)OCCO2. The van der Waals surface area contributed by atoms with Gasteiger partial charge < -0.3 is 24.3 Å². The number of rotatable bonds is 3. The normalized spacial score (nSPS) is 37.2. The summed E-state index contributed by atoms with van der Waals surface area (Å²) < 4.78 is 22.8. The highest BCUT2D eigenvalue weighted by molar-refractivity contribution is 4.92. The summed E-state index contributed by atoms with van der Waals surface area (Å²) in [4.78, 5) is 0. The van der Waals surface area contributed by atoms with Gasteiger partial charge in [0, 0.05) is 18.9 Å². The molecule has 5 nitrogen and oxygen atoms in total. The zero-order valence-corrected chi connectivity index (χ0v) is 10.3. The Labute approximate surface area is 102 Å². The lowest BCUT2D eigenvalue weighted by Crippen LogP contribution is -2.54. The first kappa shape index (κ1) is 11.9. The summed E-state index contributed by atoms with van der Waals surface area (Å²) in [6.07, 6.45) is 3.25. The number of hydrogen-bond donors (Lipinski definition) is 1. The van der Waals surface area contributed by atoms with E-state index >= 15 is 0 Å². The Morgan fingerprint density at radius 2 is 2.00 bits per heavy atom. The number of nitrogens with one attached hydrogen (secondary N) is 1. The number of hydrogen-bond acceptors (Lipinski definition) is 5. The molecular formula is C12H21NO4. The average molecular weight is 243 g/mol. The molecule has 1 aliphatic carbocycles. The quantitative estimate of drug-likeness (QED) is 0.772. The van der Waals surface area contributed by atoms with Crippen LogP contribution in [0.1, 0.15) is 19.3 Å². The summed E-state index contributed by atoms with van der Waals surface area (Å²) in [6.45, 7) is 2.87. The fourth-order valence-electron chi connectivity index (χ4n) is 2.88. The molecule has 2 atom stereocenters. The van der Waals surface area contributed by atoms with Gasteiger partial charge in [-0.05, 0) is 13.5 Å². The van der Waals surface area contributed by atoms with Gasteiger partial charge in [0.1, 0.15) is 6.10 Å². The maximum Gasteiger partial charge on any atom is 0.171 e. The van der Waals surface area contributed by atoms with Crippen LogP contribution in [0.4, 0.5) is 0 Å². The second-order valence-corrected chi connectivity index (χ2v) is 5.08. The van der Waals surface area contributed by atoms with Crippen LogP contribution in [0.25, 0.3) is 0 Å². The van der Waals surface area contributed by atoms with Gasteiger partial charge in [0.25, 0.3) is 0 Å². The summed E-state index contributed by atoms with van der Waals surface area (Å²) in [5.41, 5.74) is 0. The highest BCUT2D eigenvalue weighted by Crippen LogP contribution is 2.37. The van der Waals surface area contributed by atoms with E-state index in [4.69, 9.17) is 18.9 Å². The van der Waals surface area contributed by atoms with Crippen molar-refractivity contribution in [3.05, 3.63) is 0 Å². The van der Waals surface area contributed by atoms with E-state index in [1.165, 1.54) is 0 Å². The molecule has 5 heteroatoms. The van der Waals surface area contributed by atoms with Crippen LogP contribution in [0.2, 0.25) is 0 Å². The van der Waals surface area contributed by atoms with Gasteiger partial charge in [0.15, 0.2) is 5.79 Å². The van der Waals surface area contributed by atoms with Crippen molar-refractivity contribution in [1.82, 2.24) is 5.32 Å². The zero-order valence-electron chi connectivity index (χ0n) is 10.3. The minimum Gasteiger partial charge on any atom is -0.376 e. The fraction of sp³-hybridized carbons (Fsp3) is 1.00. The molecular weight excluding hydrogens is 222 g/mol. The van der Waals surface area contributed by atoms with Crippen LogP contribution in [0.3, 0.4) is 0 Å². The second kappa shape index (κ2) is 4.82. The van der Waals surface area contributed by atoms with E-state index in [0.717, 1.165) is 32.5 Å². The first-order valence-electron chi connectivity index (χ1n) is 6.50. The predicted octanol–water partition coefficient (Wildman–Crippen LogP) is 0.285. The summed E-state index contributed by atoms with van der Waals surface area (Å²) in [5, 5.41) is 3.34. The number of ether oxygens (including phenoxy) is 4. The molecule has 1 N–H and O–H groups in total. The molecule has 17 heavy (non-hydrogen) atoms. The molecule has 2 aliphatic heterocycles. The van der Waals surface area contributed by atoms with Crippen LogP contribution in [0.5, 0.6) is 0 Å². The molecule has 98 valence electrons. The molecule has 2 heterocycles. The lowest BCUT2D eigenvalue weighted by molar-refractivity contribution is -0.231. The Kier molecular flexibility index (Phi) is 3.36. The molecule has 0 aromatic carbocycles. The molecule has 0 aromatic rings. The van der Waals surface area contributed by atoms with E-state index in [1.54, 1.807) is 0 Å². The Bertz CT molecular complexity index is 263. The highest BCUT2D eigenvalue weighted by Gasteiger charge is 2.46. The monoisotopic (exact) mass is 243 g/mol. The van der Waals surface area contributed by atoms with E-state index < -0.39 is 0 Å². The summed E-state index contributed by atoms with van der Waals surface area (Å²) in [5.74, 6) is -0.372. The van der Waals surface area contributed by atoms with Gasteiger partial charge in [0.2, 0.25) is 0 Å². The Morgan fingerprint density at radius 3 is 2.59 bits per heavy atom. The molecule has 0 amide bonds. The van der Waals surface area contributed by atoms with Gasteiger partial charge in [-0.3, -0.25) is 0 Å². The van der Waals surface area contributed by atoms with Crippen LogP contribution in [0, 0.1) is 0 Å². The molecule has 1 saturated carbocycles. The van der Waals surface area contributed by atoms with Gasteiger partial charge >= 0.3 is 0 Å². The Morgan fingerprint density at radius 1 is 1.24 bits per heavy atom. The van der Waals surface area contributed by atoms with Crippen molar-refractivity contribution in [2.24, 2.45) is 0 Å². The van der Waals surface area contributed by atoms with Gasteiger partial charge in [0.05, 0.1) is 32.5 Å². The molecule has 1 spiro atoms. The van der Waals surface area contributed by atoms with E-state index in [2.05, 4.69) is 5.32 Å². The van der Waals surface area contributed by atoms with Crippen LogP contribution in [0.15, 0.2) is 0 Å². The Hall–Kier alpha value is -0.200. The van der Waals surface area contributed by atoms with Crippen molar-refractivity contribution >= 4 is 0 Å². The molecule has 0 bridgehead atoms. The number of likely N-dealkylation sites (N-methyl/N-ethyl adjacent to an activating group) is 1. The first-order chi connectivity index (χ1) is 8.31. The van der Waals surface area contributed by atoms with E-state index in [-0.39, 0.29) is 18.0 Å². The van der Waals surface area contributed by atoms with Gasteiger partial charge in [-0.2, -0.15) is 0 Å². The fourth-order valence-corrected chi connectivity index (χ4v) is 2.88. The summed E-state index contributed by atoms with van der Waals surface area (Å²) in [7, 11) is 1.99. The van der Waals surface area contributed by atoms with Crippen molar-refractivity contribution in [3.63, 3.8) is 0 Å². The van der Waals surface area contributed by atoms with Crippen LogP contribution in [-0.4, -0.2) is 57.5 Å². The van der Waals surface area contributed by atoms with Crippen molar-refractivity contribution < 1.29 is 18.9 Å². The molecule has 3 aliphatic rings. The smallest absolute Gasteiger partial charge is 0.171 e. The molecule has 0 radical (unpaired) electrons. The zero-order chi connectivity index (χ0) is 11.7. The van der Waals surface area contributed by atoms with Crippen LogP contribution < -0.4 is 5.32 Å².